The van der Waals surface area contributed by atoms with Gasteiger partial charge in [0, 0.05) is 43.7 Å². The van der Waals surface area contributed by atoms with Crippen LogP contribution in [0.25, 0.3) is 82.5 Å². The fourth-order valence-electron chi connectivity index (χ4n) is 7.81. The lowest BCUT2D eigenvalue weighted by Gasteiger charge is -2.15. The van der Waals surface area contributed by atoms with Gasteiger partial charge in [-0.3, -0.25) is 0 Å². The van der Waals surface area contributed by atoms with E-state index >= 15 is 0 Å². The number of nitrogens with zero attached hydrogens (tertiary/aromatic N) is 4. The molecule has 3 aromatic heterocycles. The van der Waals surface area contributed by atoms with Crippen LogP contribution < -0.4 is 0 Å². The molecule has 0 saturated carbocycles. The average Bonchev–Trinajstić information content (AvgIpc) is 3.78. The molecule has 0 N–H and O–H groups in total. The molecule has 10 rings (SSSR count). The predicted molar refractivity (Wildman–Crippen MR) is 194 cm³/mol. The number of fused-ring (bicyclic) bond motifs is 10. The van der Waals surface area contributed by atoms with Gasteiger partial charge in [0.05, 0.1) is 44.4 Å². The van der Waals surface area contributed by atoms with Gasteiger partial charge in [0.25, 0.3) is 0 Å². The maximum atomic E-state index is 10.9. The Balaban J connectivity index is 1.47. The van der Waals surface area contributed by atoms with Crippen LogP contribution in [-0.2, 0) is 0 Å². The average molecular weight is 599 g/mol. The molecule has 47 heavy (non-hydrogen) atoms. The summed E-state index contributed by atoms with van der Waals surface area (Å²) in [7, 11) is 0. The number of benzene rings is 7. The lowest BCUT2D eigenvalue weighted by Crippen LogP contribution is -2.01. The number of hydrogen-bond acceptors (Lipinski definition) is 1. The molecule has 0 fully saturated rings. The van der Waals surface area contributed by atoms with Gasteiger partial charge in [0.2, 0.25) is 0 Å². The van der Waals surface area contributed by atoms with E-state index in [1.807, 2.05) is 0 Å². The normalized spacial score (nSPS) is 11.8. The molecule has 0 spiro atoms. The van der Waals surface area contributed by atoms with Crippen molar-refractivity contribution in [2.75, 3.05) is 0 Å². The number of nitriles is 1. The molecule has 3 heterocycles. The second-order valence-electron chi connectivity index (χ2n) is 12.1. The summed E-state index contributed by atoms with van der Waals surface area (Å²) >= 11 is 0. The summed E-state index contributed by atoms with van der Waals surface area (Å²) in [6.07, 6.45) is 0. The number of aromatic nitrogens is 3. The number of para-hydroxylation sites is 6. The van der Waals surface area contributed by atoms with E-state index in [0.717, 1.165) is 71.7 Å². The van der Waals surface area contributed by atoms with Crippen LogP contribution in [0.1, 0.15) is 5.56 Å². The van der Waals surface area contributed by atoms with Gasteiger partial charge >= 0.3 is 0 Å². The molecule has 4 heteroatoms. The molecular weight excluding hydrogens is 573 g/mol. The van der Waals surface area contributed by atoms with E-state index in [9.17, 15) is 5.26 Å². The highest BCUT2D eigenvalue weighted by Gasteiger charge is 2.25. The van der Waals surface area contributed by atoms with Gasteiger partial charge in [-0.05, 0) is 54.6 Å². The third kappa shape index (κ3) is 3.46. The van der Waals surface area contributed by atoms with Crippen molar-refractivity contribution in [3.63, 3.8) is 0 Å². The first-order valence-electron chi connectivity index (χ1n) is 15.9. The number of hydrogen-bond donors (Lipinski definition) is 0. The molecule has 0 unspecified atom stereocenters. The summed E-state index contributed by atoms with van der Waals surface area (Å²) in [5.41, 5.74) is 10.3. The van der Waals surface area contributed by atoms with Crippen molar-refractivity contribution < 1.29 is 0 Å². The molecule has 0 aliphatic carbocycles. The van der Waals surface area contributed by atoms with E-state index in [0.29, 0.717) is 5.56 Å². The zero-order valence-electron chi connectivity index (χ0n) is 25.3. The number of rotatable bonds is 3. The first-order chi connectivity index (χ1) is 23.3. The van der Waals surface area contributed by atoms with Crippen LogP contribution in [0.2, 0.25) is 0 Å². The SMILES string of the molecule is N#Cc1cc2c3ccccc3n(-c3ccccc3)c2c2c3ccccc3n(-c3cccc4c5ccccc5n(-c5ccccc5)c34)c12. The molecule has 0 amide bonds. The molecular formula is C43H26N4. The molecule has 0 radical (unpaired) electrons. The molecule has 4 nitrogen and oxygen atoms in total. The van der Waals surface area contributed by atoms with E-state index in [2.05, 4.69) is 177 Å². The highest BCUT2D eigenvalue weighted by atomic mass is 15.1. The van der Waals surface area contributed by atoms with Gasteiger partial charge in [0.1, 0.15) is 6.07 Å². The molecule has 0 bridgehead atoms. The summed E-state index contributed by atoms with van der Waals surface area (Å²) in [6, 6.07) is 58.1. The first kappa shape index (κ1) is 25.7. The largest absolute Gasteiger partial charge is 0.309 e. The Hall–Kier alpha value is -6.57. The van der Waals surface area contributed by atoms with Gasteiger partial charge in [-0.1, -0.05) is 103 Å². The fraction of sp³-hybridized carbons (Fsp3) is 0. The monoisotopic (exact) mass is 598 g/mol. The summed E-state index contributed by atoms with van der Waals surface area (Å²) in [4.78, 5) is 0. The second kappa shape index (κ2) is 9.71. The molecule has 10 aromatic rings. The maximum absolute atomic E-state index is 10.9. The van der Waals surface area contributed by atoms with E-state index < -0.39 is 0 Å². The lowest BCUT2D eigenvalue weighted by molar-refractivity contribution is 1.13. The minimum atomic E-state index is 0.652. The van der Waals surface area contributed by atoms with Gasteiger partial charge < -0.3 is 13.7 Å². The van der Waals surface area contributed by atoms with Gasteiger partial charge in [0.15, 0.2) is 0 Å². The standard InChI is InChI=1S/C43H26N4/c44-27-28-26-35-32-19-8-11-23-37(32)46(30-16-5-2-6-17-30)43(35)40-34-20-9-12-24-38(34)47(41(28)40)39-25-13-21-33-31-18-7-10-22-36(31)45(42(33)39)29-14-3-1-4-15-29/h1-26H. The van der Waals surface area contributed by atoms with Crippen molar-refractivity contribution in [1.29, 1.82) is 5.26 Å². The van der Waals surface area contributed by atoms with E-state index in [1.54, 1.807) is 0 Å². The molecule has 7 aromatic carbocycles. The maximum Gasteiger partial charge on any atom is 0.101 e. The van der Waals surface area contributed by atoms with Crippen LogP contribution in [0.15, 0.2) is 158 Å². The predicted octanol–water partition coefficient (Wildman–Crippen LogP) is 10.8. The summed E-state index contributed by atoms with van der Waals surface area (Å²) < 4.78 is 7.06. The van der Waals surface area contributed by atoms with Crippen molar-refractivity contribution in [1.82, 2.24) is 13.7 Å². The molecule has 218 valence electrons. The Morgan fingerprint density at radius 1 is 0.383 bits per heavy atom. The van der Waals surface area contributed by atoms with Gasteiger partial charge in [-0.2, -0.15) is 5.26 Å². The van der Waals surface area contributed by atoms with Crippen LogP contribution in [0.3, 0.4) is 0 Å². The van der Waals surface area contributed by atoms with Crippen molar-refractivity contribution in [3.8, 4) is 23.1 Å². The van der Waals surface area contributed by atoms with Crippen LogP contribution in [-0.4, -0.2) is 13.7 Å². The van der Waals surface area contributed by atoms with Crippen LogP contribution in [0.5, 0.6) is 0 Å². The topological polar surface area (TPSA) is 38.6 Å². The Morgan fingerprint density at radius 2 is 0.872 bits per heavy atom. The van der Waals surface area contributed by atoms with Gasteiger partial charge in [-0.25, -0.2) is 0 Å². The Bertz CT molecular complexity index is 2900. The van der Waals surface area contributed by atoms with E-state index in [4.69, 9.17) is 0 Å². The third-order valence-corrected chi connectivity index (χ3v) is 9.63. The van der Waals surface area contributed by atoms with Crippen molar-refractivity contribution in [3.05, 3.63) is 163 Å². The van der Waals surface area contributed by atoms with Gasteiger partial charge in [-0.15, -0.1) is 0 Å². The zero-order chi connectivity index (χ0) is 31.1. The Morgan fingerprint density at radius 3 is 1.49 bits per heavy atom. The minimum absolute atomic E-state index is 0.652. The summed E-state index contributed by atoms with van der Waals surface area (Å²) in [5, 5.41) is 17.6. The molecule has 0 aliphatic rings. The molecule has 0 aliphatic heterocycles. The fourth-order valence-corrected chi connectivity index (χ4v) is 7.81. The van der Waals surface area contributed by atoms with Crippen molar-refractivity contribution in [2.24, 2.45) is 0 Å². The Labute approximate surface area is 270 Å². The quantitative estimate of drug-likeness (QED) is 0.199. The molecule has 0 saturated heterocycles. The van der Waals surface area contributed by atoms with Crippen LogP contribution >= 0.6 is 0 Å². The summed E-state index contributed by atoms with van der Waals surface area (Å²) in [5.74, 6) is 0. The van der Waals surface area contributed by atoms with Crippen molar-refractivity contribution in [2.45, 2.75) is 0 Å². The van der Waals surface area contributed by atoms with Crippen molar-refractivity contribution >= 4 is 65.4 Å². The van der Waals surface area contributed by atoms with E-state index in [-0.39, 0.29) is 0 Å². The highest BCUT2D eigenvalue weighted by molar-refractivity contribution is 6.28. The smallest absolute Gasteiger partial charge is 0.101 e. The zero-order valence-corrected chi connectivity index (χ0v) is 25.3. The summed E-state index contributed by atoms with van der Waals surface area (Å²) in [6.45, 7) is 0. The Kier molecular flexibility index (Phi) is 5.32. The molecule has 0 atom stereocenters. The first-order valence-corrected chi connectivity index (χ1v) is 15.9. The van der Waals surface area contributed by atoms with Crippen LogP contribution in [0, 0.1) is 11.3 Å². The minimum Gasteiger partial charge on any atom is -0.309 e. The second-order valence-corrected chi connectivity index (χ2v) is 12.1. The van der Waals surface area contributed by atoms with E-state index in [1.165, 1.54) is 10.8 Å². The highest BCUT2D eigenvalue weighted by Crippen LogP contribution is 2.45. The lowest BCUT2D eigenvalue weighted by atomic mass is 10.0. The third-order valence-electron chi connectivity index (χ3n) is 9.63. The van der Waals surface area contributed by atoms with Crippen LogP contribution in [0.4, 0.5) is 0 Å².